The molecule has 0 bridgehead atoms. The Bertz CT molecular complexity index is 509. The molecule has 0 fully saturated rings. The predicted octanol–water partition coefficient (Wildman–Crippen LogP) is 1.36. The summed E-state index contributed by atoms with van der Waals surface area (Å²) >= 11 is 1.32. The highest BCUT2D eigenvalue weighted by Crippen LogP contribution is 2.22. The van der Waals surface area contributed by atoms with Gasteiger partial charge in [0.05, 0.1) is 11.3 Å². The number of rotatable bonds is 3. The van der Waals surface area contributed by atoms with Crippen molar-refractivity contribution in [3.63, 3.8) is 0 Å². The first-order chi connectivity index (χ1) is 7.74. The third-order valence-corrected chi connectivity index (χ3v) is 3.19. The van der Waals surface area contributed by atoms with E-state index in [2.05, 4.69) is 4.37 Å². The molecular formula is C11H12N2O2S. The molecule has 5 heteroatoms. The second kappa shape index (κ2) is 4.59. The molecule has 1 aromatic carbocycles. The Morgan fingerprint density at radius 2 is 2.25 bits per heavy atom. The van der Waals surface area contributed by atoms with Gasteiger partial charge in [-0.05, 0) is 17.6 Å². The van der Waals surface area contributed by atoms with Crippen LogP contribution >= 0.6 is 11.5 Å². The molecule has 16 heavy (non-hydrogen) atoms. The van der Waals surface area contributed by atoms with Crippen molar-refractivity contribution >= 4 is 27.5 Å². The van der Waals surface area contributed by atoms with Crippen LogP contribution < -0.4 is 0 Å². The number of nitrogens with zero attached hydrogens (tertiary/aromatic N) is 2. The van der Waals surface area contributed by atoms with Gasteiger partial charge in [0.2, 0.25) is 0 Å². The van der Waals surface area contributed by atoms with E-state index in [1.165, 1.54) is 16.4 Å². The Kier molecular flexibility index (Phi) is 3.17. The third kappa shape index (κ3) is 1.91. The number of carbonyl (C=O) groups excluding carboxylic acids is 1. The highest BCUT2D eigenvalue weighted by molar-refractivity contribution is 7.13. The lowest BCUT2D eigenvalue weighted by Gasteiger charge is -2.13. The molecule has 0 radical (unpaired) electrons. The number of aliphatic hydroxyl groups excluding tert-OH is 1. The zero-order valence-electron chi connectivity index (χ0n) is 8.88. The smallest absolute Gasteiger partial charge is 0.274 e. The van der Waals surface area contributed by atoms with Crippen molar-refractivity contribution in [1.29, 1.82) is 0 Å². The van der Waals surface area contributed by atoms with Crippen molar-refractivity contribution in [1.82, 2.24) is 9.27 Å². The van der Waals surface area contributed by atoms with E-state index < -0.39 is 0 Å². The minimum Gasteiger partial charge on any atom is -0.395 e. The van der Waals surface area contributed by atoms with Gasteiger partial charge in [0.1, 0.15) is 5.69 Å². The lowest BCUT2D eigenvalue weighted by atomic mass is 10.2. The molecule has 2 aromatic rings. The zero-order valence-corrected chi connectivity index (χ0v) is 9.70. The Morgan fingerprint density at radius 1 is 1.50 bits per heavy atom. The largest absolute Gasteiger partial charge is 0.395 e. The Labute approximate surface area is 97.3 Å². The lowest BCUT2D eigenvalue weighted by Crippen LogP contribution is -2.29. The van der Waals surface area contributed by atoms with Gasteiger partial charge in [0.15, 0.2) is 0 Å². The average Bonchev–Trinajstić information content (AvgIpc) is 2.72. The fourth-order valence-electron chi connectivity index (χ4n) is 1.47. The van der Waals surface area contributed by atoms with Crippen LogP contribution in [-0.4, -0.2) is 40.5 Å². The number of fused-ring (bicyclic) bond motifs is 1. The van der Waals surface area contributed by atoms with E-state index in [0.29, 0.717) is 12.2 Å². The molecule has 0 saturated heterocycles. The van der Waals surface area contributed by atoms with E-state index in [9.17, 15) is 4.79 Å². The number of aliphatic hydroxyl groups is 1. The fraction of sp³-hybridized carbons (Fsp3) is 0.273. The van der Waals surface area contributed by atoms with Crippen LogP contribution in [0.25, 0.3) is 10.1 Å². The monoisotopic (exact) mass is 236 g/mol. The number of likely N-dealkylation sites (N-methyl/N-ethyl adjacent to an activating group) is 1. The fourth-order valence-corrected chi connectivity index (χ4v) is 2.24. The molecule has 0 saturated carbocycles. The number of amides is 1. The normalized spacial score (nSPS) is 10.6. The molecule has 0 aliphatic carbocycles. The maximum Gasteiger partial charge on any atom is 0.274 e. The number of aromatic nitrogens is 1. The minimum atomic E-state index is -0.147. The number of carbonyl (C=O) groups is 1. The first-order valence-electron chi connectivity index (χ1n) is 4.95. The van der Waals surface area contributed by atoms with E-state index >= 15 is 0 Å². The molecule has 1 N–H and O–H groups in total. The van der Waals surface area contributed by atoms with Crippen LogP contribution in [0.2, 0.25) is 0 Å². The Balaban J connectivity index is 2.36. The minimum absolute atomic E-state index is 0.0374. The molecule has 0 atom stereocenters. The highest BCUT2D eigenvalue weighted by atomic mass is 32.1. The van der Waals surface area contributed by atoms with Gasteiger partial charge in [0.25, 0.3) is 5.91 Å². The Morgan fingerprint density at radius 3 is 3.00 bits per heavy atom. The maximum atomic E-state index is 12.0. The first kappa shape index (κ1) is 11.0. The van der Waals surface area contributed by atoms with Crippen molar-refractivity contribution in [2.45, 2.75) is 0 Å². The third-order valence-electron chi connectivity index (χ3n) is 2.36. The molecule has 2 rings (SSSR count). The van der Waals surface area contributed by atoms with Crippen molar-refractivity contribution in [3.05, 3.63) is 30.0 Å². The molecule has 1 aromatic heterocycles. The molecule has 0 unspecified atom stereocenters. The Hall–Kier alpha value is -1.46. The molecule has 84 valence electrons. The summed E-state index contributed by atoms with van der Waals surface area (Å²) < 4.78 is 5.17. The van der Waals surface area contributed by atoms with Crippen LogP contribution in [0.15, 0.2) is 24.3 Å². The van der Waals surface area contributed by atoms with E-state index in [4.69, 9.17) is 5.11 Å². The van der Waals surface area contributed by atoms with E-state index in [0.717, 1.165) is 10.1 Å². The second-order valence-electron chi connectivity index (χ2n) is 3.48. The van der Waals surface area contributed by atoms with E-state index in [-0.39, 0.29) is 12.5 Å². The average molecular weight is 236 g/mol. The van der Waals surface area contributed by atoms with Crippen molar-refractivity contribution in [2.75, 3.05) is 20.2 Å². The van der Waals surface area contributed by atoms with Gasteiger partial charge >= 0.3 is 0 Å². The van der Waals surface area contributed by atoms with Crippen LogP contribution in [0.5, 0.6) is 0 Å². The van der Waals surface area contributed by atoms with Gasteiger partial charge in [-0.25, -0.2) is 0 Å². The summed E-state index contributed by atoms with van der Waals surface area (Å²) in [5.41, 5.74) is 0.469. The number of hydrogen-bond acceptors (Lipinski definition) is 4. The van der Waals surface area contributed by atoms with Crippen LogP contribution in [0, 0.1) is 0 Å². The summed E-state index contributed by atoms with van der Waals surface area (Å²) in [6.45, 7) is 0.287. The van der Waals surface area contributed by atoms with Crippen LogP contribution in [0.1, 0.15) is 10.5 Å². The lowest BCUT2D eigenvalue weighted by molar-refractivity contribution is 0.0764. The summed E-state index contributed by atoms with van der Waals surface area (Å²) in [5, 5.41) is 9.66. The topological polar surface area (TPSA) is 53.4 Å². The van der Waals surface area contributed by atoms with Crippen molar-refractivity contribution in [3.8, 4) is 0 Å². The van der Waals surface area contributed by atoms with Crippen molar-refractivity contribution < 1.29 is 9.90 Å². The SMILES string of the molecule is CN(CCO)C(=O)c1nsc2ccccc12. The first-order valence-corrected chi connectivity index (χ1v) is 5.72. The molecule has 1 amide bonds. The zero-order chi connectivity index (χ0) is 11.5. The molecule has 4 nitrogen and oxygen atoms in total. The molecule has 0 aliphatic heterocycles. The van der Waals surface area contributed by atoms with E-state index in [1.54, 1.807) is 7.05 Å². The van der Waals surface area contributed by atoms with Gasteiger partial charge in [-0.2, -0.15) is 4.37 Å². The molecular weight excluding hydrogens is 224 g/mol. The van der Waals surface area contributed by atoms with Crippen LogP contribution in [0.4, 0.5) is 0 Å². The predicted molar refractivity (Wildman–Crippen MR) is 63.7 cm³/mol. The molecule has 1 heterocycles. The van der Waals surface area contributed by atoms with Crippen molar-refractivity contribution in [2.24, 2.45) is 0 Å². The van der Waals surface area contributed by atoms with Gasteiger partial charge < -0.3 is 10.0 Å². The standard InChI is InChI=1S/C11H12N2O2S/c1-13(6-7-14)11(15)10-8-4-2-3-5-9(8)16-12-10/h2-5,14H,6-7H2,1H3. The quantitative estimate of drug-likeness (QED) is 0.875. The van der Waals surface area contributed by atoms with Gasteiger partial charge in [-0.1, -0.05) is 18.2 Å². The maximum absolute atomic E-state index is 12.0. The summed E-state index contributed by atoms with van der Waals surface area (Å²) in [6.07, 6.45) is 0. The summed E-state index contributed by atoms with van der Waals surface area (Å²) in [5.74, 6) is -0.147. The van der Waals surface area contributed by atoms with E-state index in [1.807, 2.05) is 24.3 Å². The number of hydrogen-bond donors (Lipinski definition) is 1. The number of benzene rings is 1. The van der Waals surface area contributed by atoms with Gasteiger partial charge in [0, 0.05) is 19.0 Å². The molecule has 0 spiro atoms. The summed E-state index contributed by atoms with van der Waals surface area (Å²) in [4.78, 5) is 13.4. The van der Waals surface area contributed by atoms with Crippen LogP contribution in [0.3, 0.4) is 0 Å². The molecule has 0 aliphatic rings. The summed E-state index contributed by atoms with van der Waals surface area (Å²) in [6, 6.07) is 7.64. The highest BCUT2D eigenvalue weighted by Gasteiger charge is 2.17. The summed E-state index contributed by atoms with van der Waals surface area (Å²) in [7, 11) is 1.66. The second-order valence-corrected chi connectivity index (χ2v) is 4.28. The van der Waals surface area contributed by atoms with Gasteiger partial charge in [-0.3, -0.25) is 4.79 Å². The van der Waals surface area contributed by atoms with Gasteiger partial charge in [-0.15, -0.1) is 0 Å². The van der Waals surface area contributed by atoms with Crippen LogP contribution in [-0.2, 0) is 0 Å².